The SMILES string of the molecule is Cc1ccccc1CN1CCN(C(=O)c2cc3nccc(-c4cnn(C)c4C)n3n2)CC1. The summed E-state index contributed by atoms with van der Waals surface area (Å²) >= 11 is 0. The van der Waals surface area contributed by atoms with Crippen LogP contribution < -0.4 is 0 Å². The molecule has 1 aromatic carbocycles. The Morgan fingerprint density at radius 2 is 1.84 bits per heavy atom. The second kappa shape index (κ2) is 8.20. The van der Waals surface area contributed by atoms with E-state index in [-0.39, 0.29) is 5.91 Å². The maximum atomic E-state index is 13.2. The topological polar surface area (TPSA) is 71.6 Å². The molecular formula is C24H27N7O. The van der Waals surface area contributed by atoms with Crippen molar-refractivity contribution in [1.29, 1.82) is 0 Å². The van der Waals surface area contributed by atoms with E-state index in [4.69, 9.17) is 0 Å². The molecule has 0 bridgehead atoms. The zero-order valence-corrected chi connectivity index (χ0v) is 18.7. The van der Waals surface area contributed by atoms with Gasteiger partial charge in [0.2, 0.25) is 0 Å². The smallest absolute Gasteiger partial charge is 0.274 e. The van der Waals surface area contributed by atoms with Crippen LogP contribution in [-0.4, -0.2) is 66.3 Å². The number of hydrogen-bond acceptors (Lipinski definition) is 5. The van der Waals surface area contributed by atoms with Gasteiger partial charge in [-0.1, -0.05) is 24.3 Å². The maximum absolute atomic E-state index is 13.2. The van der Waals surface area contributed by atoms with E-state index in [0.29, 0.717) is 24.4 Å². The average Bonchev–Trinajstić information content (AvgIpc) is 3.39. The Balaban J connectivity index is 1.32. The number of carbonyl (C=O) groups is 1. The highest BCUT2D eigenvalue weighted by molar-refractivity contribution is 5.93. The molecule has 0 atom stereocenters. The van der Waals surface area contributed by atoms with E-state index in [0.717, 1.165) is 36.6 Å². The summed E-state index contributed by atoms with van der Waals surface area (Å²) in [5, 5.41) is 8.96. The van der Waals surface area contributed by atoms with Crippen molar-refractivity contribution in [2.75, 3.05) is 26.2 Å². The molecule has 1 aliphatic rings. The van der Waals surface area contributed by atoms with E-state index in [9.17, 15) is 4.79 Å². The van der Waals surface area contributed by atoms with Crippen LogP contribution in [0.3, 0.4) is 0 Å². The summed E-state index contributed by atoms with van der Waals surface area (Å²) in [6.45, 7) is 8.17. The summed E-state index contributed by atoms with van der Waals surface area (Å²) in [5.41, 5.74) is 6.63. The van der Waals surface area contributed by atoms with Crippen molar-refractivity contribution < 1.29 is 4.79 Å². The second-order valence-electron chi connectivity index (χ2n) is 8.39. The molecule has 1 amide bonds. The molecule has 8 heteroatoms. The van der Waals surface area contributed by atoms with Gasteiger partial charge in [0.15, 0.2) is 11.3 Å². The molecule has 1 fully saturated rings. The molecule has 164 valence electrons. The van der Waals surface area contributed by atoms with Crippen LogP contribution >= 0.6 is 0 Å². The summed E-state index contributed by atoms with van der Waals surface area (Å²) in [6.07, 6.45) is 3.57. The van der Waals surface area contributed by atoms with E-state index in [1.165, 1.54) is 11.1 Å². The van der Waals surface area contributed by atoms with Crippen molar-refractivity contribution in [3.63, 3.8) is 0 Å². The first-order valence-electron chi connectivity index (χ1n) is 10.9. The quantitative estimate of drug-likeness (QED) is 0.499. The zero-order valence-electron chi connectivity index (χ0n) is 18.7. The molecular weight excluding hydrogens is 402 g/mol. The third-order valence-electron chi connectivity index (χ3n) is 6.40. The minimum atomic E-state index is -0.0418. The average molecular weight is 430 g/mol. The van der Waals surface area contributed by atoms with Crippen molar-refractivity contribution in [2.24, 2.45) is 7.05 Å². The lowest BCUT2D eigenvalue weighted by atomic mass is 10.1. The Kier molecular flexibility index (Phi) is 5.22. The molecule has 0 aliphatic carbocycles. The van der Waals surface area contributed by atoms with Gasteiger partial charge in [-0.05, 0) is 31.0 Å². The minimum Gasteiger partial charge on any atom is -0.335 e. The third kappa shape index (κ3) is 3.67. The Bertz CT molecular complexity index is 1280. The van der Waals surface area contributed by atoms with Crippen molar-refractivity contribution in [1.82, 2.24) is 34.2 Å². The molecule has 1 aliphatic heterocycles. The lowest BCUT2D eigenvalue weighted by Gasteiger charge is -2.34. The predicted molar refractivity (Wildman–Crippen MR) is 122 cm³/mol. The van der Waals surface area contributed by atoms with E-state index in [1.807, 2.05) is 35.8 Å². The summed E-state index contributed by atoms with van der Waals surface area (Å²) in [7, 11) is 1.91. The Hall–Kier alpha value is -3.52. The van der Waals surface area contributed by atoms with Gasteiger partial charge in [-0.2, -0.15) is 10.2 Å². The number of nitrogens with zero attached hydrogens (tertiary/aromatic N) is 7. The van der Waals surface area contributed by atoms with Crippen LogP contribution in [0.5, 0.6) is 0 Å². The minimum absolute atomic E-state index is 0.0418. The van der Waals surface area contributed by atoms with E-state index < -0.39 is 0 Å². The summed E-state index contributed by atoms with van der Waals surface area (Å²) in [5.74, 6) is -0.0418. The summed E-state index contributed by atoms with van der Waals surface area (Å²) in [4.78, 5) is 21.9. The van der Waals surface area contributed by atoms with E-state index >= 15 is 0 Å². The summed E-state index contributed by atoms with van der Waals surface area (Å²) in [6, 6.07) is 12.2. The molecule has 5 rings (SSSR count). The number of piperazine rings is 1. The van der Waals surface area contributed by atoms with Gasteiger partial charge in [0, 0.05) is 63.3 Å². The van der Waals surface area contributed by atoms with Crippen LogP contribution in [-0.2, 0) is 13.6 Å². The normalized spacial score (nSPS) is 14.9. The van der Waals surface area contributed by atoms with Gasteiger partial charge in [0.1, 0.15) is 0 Å². The molecule has 0 N–H and O–H groups in total. The van der Waals surface area contributed by atoms with Gasteiger partial charge >= 0.3 is 0 Å². The van der Waals surface area contributed by atoms with Gasteiger partial charge in [-0.3, -0.25) is 14.4 Å². The van der Waals surface area contributed by atoms with Crippen molar-refractivity contribution in [3.05, 3.63) is 71.3 Å². The number of aromatic nitrogens is 5. The van der Waals surface area contributed by atoms with Gasteiger partial charge in [-0.15, -0.1) is 0 Å². The Morgan fingerprint density at radius 3 is 2.56 bits per heavy atom. The largest absolute Gasteiger partial charge is 0.335 e. The second-order valence-corrected chi connectivity index (χ2v) is 8.39. The number of carbonyl (C=O) groups excluding carboxylic acids is 1. The molecule has 3 aromatic heterocycles. The molecule has 1 saturated heterocycles. The monoisotopic (exact) mass is 429 g/mol. The molecule has 0 saturated carbocycles. The number of fused-ring (bicyclic) bond motifs is 1. The Morgan fingerprint density at radius 1 is 1.06 bits per heavy atom. The number of hydrogen-bond donors (Lipinski definition) is 0. The molecule has 0 spiro atoms. The lowest BCUT2D eigenvalue weighted by molar-refractivity contribution is 0.0622. The molecule has 0 unspecified atom stereocenters. The molecule has 32 heavy (non-hydrogen) atoms. The highest BCUT2D eigenvalue weighted by Crippen LogP contribution is 2.23. The van der Waals surface area contributed by atoms with Crippen LogP contribution in [0, 0.1) is 13.8 Å². The molecule has 0 radical (unpaired) electrons. The van der Waals surface area contributed by atoms with Crippen LogP contribution in [0.25, 0.3) is 16.9 Å². The first-order valence-corrected chi connectivity index (χ1v) is 10.9. The predicted octanol–water partition coefficient (Wildman–Crippen LogP) is 2.70. The van der Waals surface area contributed by atoms with E-state index in [2.05, 4.69) is 51.3 Å². The van der Waals surface area contributed by atoms with Crippen LogP contribution in [0.1, 0.15) is 27.3 Å². The van der Waals surface area contributed by atoms with Crippen LogP contribution in [0.4, 0.5) is 0 Å². The fourth-order valence-corrected chi connectivity index (χ4v) is 4.25. The first-order chi connectivity index (χ1) is 15.5. The standard InChI is InChI=1S/C24H27N7O/c1-17-6-4-5-7-19(17)16-29-10-12-30(13-11-29)24(32)21-14-23-25-9-8-22(31(23)27-21)20-15-26-28(3)18(20)2/h4-9,14-15H,10-13,16H2,1-3H3. The van der Waals surface area contributed by atoms with E-state index in [1.54, 1.807) is 16.8 Å². The number of benzene rings is 1. The molecule has 4 heterocycles. The first kappa shape index (κ1) is 20.4. The molecule has 8 nitrogen and oxygen atoms in total. The highest BCUT2D eigenvalue weighted by atomic mass is 16.2. The highest BCUT2D eigenvalue weighted by Gasteiger charge is 2.25. The van der Waals surface area contributed by atoms with Crippen molar-refractivity contribution in [2.45, 2.75) is 20.4 Å². The fourth-order valence-electron chi connectivity index (χ4n) is 4.25. The zero-order chi connectivity index (χ0) is 22.2. The fraction of sp³-hybridized carbons (Fsp3) is 0.333. The van der Waals surface area contributed by atoms with Gasteiger partial charge in [0.25, 0.3) is 5.91 Å². The summed E-state index contributed by atoms with van der Waals surface area (Å²) < 4.78 is 3.57. The van der Waals surface area contributed by atoms with Gasteiger partial charge < -0.3 is 4.90 Å². The van der Waals surface area contributed by atoms with Crippen molar-refractivity contribution in [3.8, 4) is 11.3 Å². The molecule has 4 aromatic rings. The number of rotatable bonds is 4. The number of aryl methyl sites for hydroxylation is 2. The van der Waals surface area contributed by atoms with Crippen LogP contribution in [0.2, 0.25) is 0 Å². The maximum Gasteiger partial charge on any atom is 0.274 e. The van der Waals surface area contributed by atoms with Gasteiger partial charge in [0.05, 0.1) is 11.9 Å². The third-order valence-corrected chi connectivity index (χ3v) is 6.40. The Labute approximate surface area is 187 Å². The lowest BCUT2D eigenvalue weighted by Crippen LogP contribution is -2.48. The van der Waals surface area contributed by atoms with Gasteiger partial charge in [-0.25, -0.2) is 9.50 Å². The van der Waals surface area contributed by atoms with Crippen molar-refractivity contribution >= 4 is 11.6 Å². The van der Waals surface area contributed by atoms with Crippen LogP contribution in [0.15, 0.2) is 48.8 Å². The number of amides is 1.